The van der Waals surface area contributed by atoms with E-state index in [9.17, 15) is 0 Å². The first-order valence-corrected chi connectivity index (χ1v) is 7.78. The summed E-state index contributed by atoms with van der Waals surface area (Å²) < 4.78 is 5.54. The molecular formula is C17H28N2O. The van der Waals surface area contributed by atoms with Gasteiger partial charge in [0.25, 0.3) is 0 Å². The summed E-state index contributed by atoms with van der Waals surface area (Å²) in [7, 11) is 2.21. The Balaban J connectivity index is 1.95. The molecule has 2 rings (SSSR count). The third-order valence-corrected chi connectivity index (χ3v) is 4.36. The molecule has 1 aliphatic heterocycles. The number of hydrogen-bond acceptors (Lipinski definition) is 3. The second kappa shape index (κ2) is 6.98. The Morgan fingerprint density at radius 1 is 1.35 bits per heavy atom. The van der Waals surface area contributed by atoms with Crippen LogP contribution in [0.4, 0.5) is 5.69 Å². The van der Waals surface area contributed by atoms with Gasteiger partial charge in [0.05, 0.1) is 6.61 Å². The number of nitrogens with zero attached hydrogens (tertiary/aromatic N) is 1. The van der Waals surface area contributed by atoms with Crippen molar-refractivity contribution in [2.45, 2.75) is 39.7 Å². The maximum Gasteiger partial charge on any atom is 0.119 e. The van der Waals surface area contributed by atoms with E-state index in [1.807, 2.05) is 6.92 Å². The number of likely N-dealkylation sites (tertiary alicyclic amines) is 1. The predicted molar refractivity (Wildman–Crippen MR) is 85.7 cm³/mol. The smallest absolute Gasteiger partial charge is 0.119 e. The van der Waals surface area contributed by atoms with E-state index in [4.69, 9.17) is 4.74 Å². The molecule has 1 heterocycles. The Hall–Kier alpha value is -1.22. The summed E-state index contributed by atoms with van der Waals surface area (Å²) in [6.07, 6.45) is 2.58. The maximum absolute atomic E-state index is 5.54. The summed E-state index contributed by atoms with van der Waals surface area (Å²) in [5, 5.41) is 3.69. The lowest BCUT2D eigenvalue weighted by molar-refractivity contribution is 0.208. The van der Waals surface area contributed by atoms with Gasteiger partial charge in [0.15, 0.2) is 0 Å². The number of nitrogens with one attached hydrogen (secondary N) is 1. The first-order valence-electron chi connectivity index (χ1n) is 7.78. The van der Waals surface area contributed by atoms with E-state index < -0.39 is 0 Å². The normalized spacial score (nSPS) is 18.8. The van der Waals surface area contributed by atoms with Crippen LogP contribution in [0.25, 0.3) is 0 Å². The van der Waals surface area contributed by atoms with E-state index >= 15 is 0 Å². The van der Waals surface area contributed by atoms with Crippen molar-refractivity contribution in [3.8, 4) is 5.75 Å². The van der Waals surface area contributed by atoms with Crippen molar-refractivity contribution in [1.82, 2.24) is 4.90 Å². The molecule has 1 N–H and O–H groups in total. The highest BCUT2D eigenvalue weighted by Gasteiger charge is 2.22. The van der Waals surface area contributed by atoms with Crippen LogP contribution in [0.2, 0.25) is 0 Å². The highest BCUT2D eigenvalue weighted by molar-refractivity contribution is 5.54. The first kappa shape index (κ1) is 15.2. The lowest BCUT2D eigenvalue weighted by Gasteiger charge is -2.33. The standard InChI is InChI=1S/C17H28N2O/c1-5-20-16-6-7-17(13(2)12-16)18-14(3)15-8-10-19(4)11-9-15/h6-7,12,14-15,18H,5,8-11H2,1-4H3. The molecule has 3 heteroatoms. The Bertz CT molecular complexity index is 425. The molecule has 3 nitrogen and oxygen atoms in total. The molecule has 1 fully saturated rings. The van der Waals surface area contributed by atoms with Crippen molar-refractivity contribution in [3.05, 3.63) is 23.8 Å². The largest absolute Gasteiger partial charge is 0.494 e. The summed E-state index contributed by atoms with van der Waals surface area (Å²) >= 11 is 0. The Kier molecular flexibility index (Phi) is 5.30. The molecule has 0 amide bonds. The lowest BCUT2D eigenvalue weighted by Crippen LogP contribution is -2.37. The molecule has 1 saturated heterocycles. The highest BCUT2D eigenvalue weighted by Crippen LogP contribution is 2.26. The molecule has 0 aromatic heterocycles. The second-order valence-corrected chi connectivity index (χ2v) is 5.98. The minimum Gasteiger partial charge on any atom is -0.494 e. The van der Waals surface area contributed by atoms with E-state index in [0.29, 0.717) is 6.04 Å². The molecule has 1 aromatic carbocycles. The Morgan fingerprint density at radius 3 is 2.65 bits per heavy atom. The van der Waals surface area contributed by atoms with Crippen LogP contribution in [-0.4, -0.2) is 37.7 Å². The average Bonchev–Trinajstić information content (AvgIpc) is 2.43. The van der Waals surface area contributed by atoms with Crippen LogP contribution in [0.1, 0.15) is 32.3 Å². The molecule has 0 radical (unpaired) electrons. The number of anilines is 1. The van der Waals surface area contributed by atoms with Crippen molar-refractivity contribution < 1.29 is 4.74 Å². The zero-order chi connectivity index (χ0) is 14.5. The van der Waals surface area contributed by atoms with Gasteiger partial charge in [-0.05, 0) is 83.4 Å². The molecule has 20 heavy (non-hydrogen) atoms. The van der Waals surface area contributed by atoms with Gasteiger partial charge in [-0.2, -0.15) is 0 Å². The predicted octanol–water partition coefficient (Wildman–Crippen LogP) is 3.54. The molecular weight excluding hydrogens is 248 g/mol. The van der Waals surface area contributed by atoms with Crippen LogP contribution < -0.4 is 10.1 Å². The topological polar surface area (TPSA) is 24.5 Å². The zero-order valence-corrected chi connectivity index (χ0v) is 13.3. The number of hydrogen-bond donors (Lipinski definition) is 1. The molecule has 112 valence electrons. The van der Waals surface area contributed by atoms with E-state index in [1.165, 1.54) is 37.2 Å². The summed E-state index contributed by atoms with van der Waals surface area (Å²) in [5.41, 5.74) is 2.50. The Morgan fingerprint density at radius 2 is 2.05 bits per heavy atom. The van der Waals surface area contributed by atoms with Crippen LogP contribution >= 0.6 is 0 Å². The monoisotopic (exact) mass is 276 g/mol. The third kappa shape index (κ3) is 3.89. The van der Waals surface area contributed by atoms with Gasteiger partial charge in [0.1, 0.15) is 5.75 Å². The molecule has 1 aromatic rings. The third-order valence-electron chi connectivity index (χ3n) is 4.36. The van der Waals surface area contributed by atoms with E-state index in [2.05, 4.69) is 49.3 Å². The average molecular weight is 276 g/mol. The van der Waals surface area contributed by atoms with Gasteiger partial charge >= 0.3 is 0 Å². The summed E-state index contributed by atoms with van der Waals surface area (Å²) in [6, 6.07) is 6.85. The summed E-state index contributed by atoms with van der Waals surface area (Å²) in [4.78, 5) is 2.42. The Labute approximate surface area is 123 Å². The van der Waals surface area contributed by atoms with E-state index in [-0.39, 0.29) is 0 Å². The van der Waals surface area contributed by atoms with Crippen molar-refractivity contribution >= 4 is 5.69 Å². The van der Waals surface area contributed by atoms with Crippen molar-refractivity contribution in [2.24, 2.45) is 5.92 Å². The first-order chi connectivity index (χ1) is 9.60. The molecule has 0 bridgehead atoms. The maximum atomic E-state index is 5.54. The molecule has 0 aliphatic carbocycles. The minimum atomic E-state index is 0.528. The van der Waals surface area contributed by atoms with E-state index in [1.54, 1.807) is 0 Å². The van der Waals surface area contributed by atoms with Gasteiger partial charge in [-0.25, -0.2) is 0 Å². The van der Waals surface area contributed by atoms with Gasteiger partial charge in [0.2, 0.25) is 0 Å². The lowest BCUT2D eigenvalue weighted by atomic mass is 9.90. The summed E-state index contributed by atoms with van der Waals surface area (Å²) in [6.45, 7) is 9.64. The van der Waals surface area contributed by atoms with Gasteiger partial charge in [-0.1, -0.05) is 0 Å². The van der Waals surface area contributed by atoms with Gasteiger partial charge < -0.3 is 15.0 Å². The fourth-order valence-electron chi connectivity index (χ4n) is 2.95. The molecule has 0 spiro atoms. The van der Waals surface area contributed by atoms with Gasteiger partial charge in [0, 0.05) is 11.7 Å². The molecule has 1 aliphatic rings. The van der Waals surface area contributed by atoms with Gasteiger partial charge in [-0.3, -0.25) is 0 Å². The van der Waals surface area contributed by atoms with Gasteiger partial charge in [-0.15, -0.1) is 0 Å². The van der Waals surface area contributed by atoms with Crippen LogP contribution in [-0.2, 0) is 0 Å². The number of rotatable bonds is 5. The molecule has 1 unspecified atom stereocenters. The fraction of sp³-hybridized carbons (Fsp3) is 0.647. The van der Waals surface area contributed by atoms with Crippen molar-refractivity contribution in [1.29, 1.82) is 0 Å². The number of ether oxygens (including phenoxy) is 1. The van der Waals surface area contributed by atoms with Crippen molar-refractivity contribution in [2.75, 3.05) is 32.1 Å². The highest BCUT2D eigenvalue weighted by atomic mass is 16.5. The van der Waals surface area contributed by atoms with Crippen LogP contribution in [0.15, 0.2) is 18.2 Å². The minimum absolute atomic E-state index is 0.528. The fourth-order valence-corrected chi connectivity index (χ4v) is 2.95. The SMILES string of the molecule is CCOc1ccc(NC(C)C2CCN(C)CC2)c(C)c1. The number of piperidine rings is 1. The van der Waals surface area contributed by atoms with E-state index in [0.717, 1.165) is 18.3 Å². The van der Waals surface area contributed by atoms with Crippen LogP contribution in [0, 0.1) is 12.8 Å². The van der Waals surface area contributed by atoms with Crippen molar-refractivity contribution in [3.63, 3.8) is 0 Å². The molecule has 1 atom stereocenters. The summed E-state index contributed by atoms with van der Waals surface area (Å²) in [5.74, 6) is 1.74. The van der Waals surface area contributed by atoms with Crippen LogP contribution in [0.5, 0.6) is 5.75 Å². The second-order valence-electron chi connectivity index (χ2n) is 5.98. The quantitative estimate of drug-likeness (QED) is 0.890. The van der Waals surface area contributed by atoms with Crippen LogP contribution in [0.3, 0.4) is 0 Å². The zero-order valence-electron chi connectivity index (χ0n) is 13.3. The number of benzene rings is 1. The number of aryl methyl sites for hydroxylation is 1. The molecule has 0 saturated carbocycles.